The molecule has 1 aliphatic heterocycles. The third-order valence-electron chi connectivity index (χ3n) is 3.12. The first-order chi connectivity index (χ1) is 8.62. The number of hydrogen-bond donors (Lipinski definition) is 0. The quantitative estimate of drug-likeness (QED) is 0.473. The fraction of sp³-hybridized carbons (Fsp3) is 0.357. The van der Waals surface area contributed by atoms with Crippen LogP contribution in [-0.4, -0.2) is 5.97 Å². The number of rotatable bonds is 4. The van der Waals surface area contributed by atoms with Crippen LogP contribution in [0.25, 0.3) is 0 Å². The Morgan fingerprint density at radius 2 is 1.89 bits per heavy atom. The molecule has 2 nitrogen and oxygen atoms in total. The molecule has 2 rings (SSSR count). The van der Waals surface area contributed by atoms with Crippen molar-refractivity contribution in [2.45, 2.75) is 31.8 Å². The minimum absolute atomic E-state index is 0.194. The van der Waals surface area contributed by atoms with Gasteiger partial charge in [0.2, 0.25) is 0 Å². The minimum Gasteiger partial charge on any atom is -0.445 e. The fourth-order valence-corrected chi connectivity index (χ4v) is 3.60. The lowest BCUT2D eigenvalue weighted by atomic mass is 9.89. The van der Waals surface area contributed by atoms with Crippen molar-refractivity contribution in [2.24, 2.45) is 0 Å². The molecule has 1 aromatic carbocycles. The molecule has 0 saturated heterocycles. The van der Waals surface area contributed by atoms with Gasteiger partial charge >= 0.3 is 5.97 Å². The summed E-state index contributed by atoms with van der Waals surface area (Å²) in [5.41, 5.74) is 0.522. The number of hydrogen-bond acceptors (Lipinski definition) is 2. The third-order valence-corrected chi connectivity index (χ3v) is 6.54. The molecule has 0 radical (unpaired) electrons. The van der Waals surface area contributed by atoms with Crippen LogP contribution in [0.3, 0.4) is 0 Å². The smallest absolute Gasteiger partial charge is 0.346 e. The lowest BCUT2D eigenvalue weighted by molar-refractivity contribution is -0.147. The number of unbranched alkanes of at least 4 members (excludes halogenated alkanes) is 1. The van der Waals surface area contributed by atoms with Gasteiger partial charge in [-0.15, -0.1) is 0 Å². The van der Waals surface area contributed by atoms with E-state index in [0.717, 1.165) is 28.4 Å². The number of esters is 1. The Bertz CT molecular complexity index is 482. The molecule has 0 aromatic heterocycles. The van der Waals surface area contributed by atoms with Crippen LogP contribution < -0.4 is 0 Å². The van der Waals surface area contributed by atoms with Crippen LogP contribution in [0, 0.1) is 0 Å². The Balaban J connectivity index is 2.47. The first-order valence-electron chi connectivity index (χ1n) is 5.96. The SMILES string of the molecule is CCCCC1(c2ccccc2)OC(=O)C(I)=C1I. The summed E-state index contributed by atoms with van der Waals surface area (Å²) in [5, 5.41) is 0. The van der Waals surface area contributed by atoms with E-state index >= 15 is 0 Å². The van der Waals surface area contributed by atoms with Crippen molar-refractivity contribution in [1.29, 1.82) is 0 Å². The maximum Gasteiger partial charge on any atom is 0.346 e. The molecule has 1 aliphatic rings. The molecule has 0 spiro atoms. The minimum atomic E-state index is -0.550. The molecular formula is C14H14I2O2. The highest BCUT2D eigenvalue weighted by Crippen LogP contribution is 2.49. The number of benzene rings is 1. The average Bonchev–Trinajstić information content (AvgIpc) is 2.63. The van der Waals surface area contributed by atoms with E-state index in [4.69, 9.17) is 4.74 Å². The molecule has 4 heteroatoms. The van der Waals surface area contributed by atoms with Gasteiger partial charge in [-0.3, -0.25) is 0 Å². The lowest BCUT2D eigenvalue weighted by Crippen LogP contribution is -2.27. The van der Waals surface area contributed by atoms with Crippen LogP contribution in [-0.2, 0) is 15.1 Å². The van der Waals surface area contributed by atoms with Crippen LogP contribution in [0.15, 0.2) is 37.5 Å². The Morgan fingerprint density at radius 3 is 2.39 bits per heavy atom. The predicted molar refractivity (Wildman–Crippen MR) is 88.8 cm³/mol. The molecule has 1 heterocycles. The molecule has 0 N–H and O–H groups in total. The fourth-order valence-electron chi connectivity index (χ4n) is 2.14. The average molecular weight is 468 g/mol. The highest BCUT2D eigenvalue weighted by molar-refractivity contribution is 14.1. The van der Waals surface area contributed by atoms with Gasteiger partial charge in [-0.05, 0) is 58.0 Å². The van der Waals surface area contributed by atoms with Crippen molar-refractivity contribution in [2.75, 3.05) is 0 Å². The first-order valence-corrected chi connectivity index (χ1v) is 8.12. The molecule has 0 fully saturated rings. The van der Waals surface area contributed by atoms with Gasteiger partial charge in [0.15, 0.2) is 5.60 Å². The molecule has 1 aromatic rings. The zero-order valence-electron chi connectivity index (χ0n) is 10.1. The molecule has 0 aliphatic carbocycles. The van der Waals surface area contributed by atoms with Crippen LogP contribution in [0.1, 0.15) is 31.7 Å². The van der Waals surface area contributed by atoms with Crippen molar-refractivity contribution in [3.8, 4) is 0 Å². The predicted octanol–water partition coefficient (Wildman–Crippen LogP) is 4.71. The van der Waals surface area contributed by atoms with Crippen LogP contribution >= 0.6 is 45.2 Å². The summed E-state index contributed by atoms with van der Waals surface area (Å²) in [6.07, 6.45) is 2.98. The van der Waals surface area contributed by atoms with E-state index in [0.29, 0.717) is 3.58 Å². The molecular weight excluding hydrogens is 454 g/mol. The summed E-state index contributed by atoms with van der Waals surface area (Å²) in [7, 11) is 0. The molecule has 18 heavy (non-hydrogen) atoms. The van der Waals surface area contributed by atoms with Gasteiger partial charge in [0, 0.05) is 5.56 Å². The molecule has 1 atom stereocenters. The van der Waals surface area contributed by atoms with E-state index in [9.17, 15) is 4.79 Å². The van der Waals surface area contributed by atoms with Gasteiger partial charge in [0.25, 0.3) is 0 Å². The largest absolute Gasteiger partial charge is 0.445 e. The Labute approximate surface area is 134 Å². The van der Waals surface area contributed by atoms with Gasteiger partial charge in [0.1, 0.15) is 3.58 Å². The van der Waals surface area contributed by atoms with Crippen molar-refractivity contribution in [3.05, 3.63) is 43.1 Å². The normalized spacial score (nSPS) is 23.4. The number of cyclic esters (lactones) is 1. The summed E-state index contributed by atoms with van der Waals surface area (Å²) >= 11 is 4.34. The second-order valence-electron chi connectivity index (χ2n) is 4.31. The summed E-state index contributed by atoms with van der Waals surface area (Å²) in [6.45, 7) is 2.15. The van der Waals surface area contributed by atoms with E-state index in [1.54, 1.807) is 0 Å². The second kappa shape index (κ2) is 5.90. The van der Waals surface area contributed by atoms with Gasteiger partial charge in [-0.1, -0.05) is 43.7 Å². The molecule has 0 bridgehead atoms. The Morgan fingerprint density at radius 1 is 1.22 bits per heavy atom. The highest BCUT2D eigenvalue weighted by Gasteiger charge is 2.46. The number of halogens is 2. The topological polar surface area (TPSA) is 26.3 Å². The van der Waals surface area contributed by atoms with E-state index in [2.05, 4.69) is 52.1 Å². The van der Waals surface area contributed by atoms with E-state index < -0.39 is 5.60 Å². The molecule has 0 saturated carbocycles. The number of carbonyl (C=O) groups excluding carboxylic acids is 1. The van der Waals surface area contributed by atoms with Crippen LogP contribution in [0.2, 0.25) is 0 Å². The van der Waals surface area contributed by atoms with Crippen molar-refractivity contribution < 1.29 is 9.53 Å². The number of ether oxygens (including phenoxy) is 1. The highest BCUT2D eigenvalue weighted by atomic mass is 127. The second-order valence-corrected chi connectivity index (χ2v) is 6.47. The van der Waals surface area contributed by atoms with Crippen LogP contribution in [0.5, 0.6) is 0 Å². The van der Waals surface area contributed by atoms with E-state index in [-0.39, 0.29) is 5.97 Å². The van der Waals surface area contributed by atoms with Crippen molar-refractivity contribution in [3.63, 3.8) is 0 Å². The van der Waals surface area contributed by atoms with Gasteiger partial charge in [-0.2, -0.15) is 0 Å². The molecule has 0 amide bonds. The lowest BCUT2D eigenvalue weighted by Gasteiger charge is -2.29. The van der Waals surface area contributed by atoms with Gasteiger partial charge in [0.05, 0.1) is 3.58 Å². The number of carbonyl (C=O) groups is 1. The maximum atomic E-state index is 11.8. The van der Waals surface area contributed by atoms with Crippen molar-refractivity contribution >= 4 is 51.2 Å². The summed E-state index contributed by atoms with van der Waals surface area (Å²) in [5.74, 6) is -0.194. The van der Waals surface area contributed by atoms with Crippen LogP contribution in [0.4, 0.5) is 0 Å². The summed E-state index contributed by atoms with van der Waals surface area (Å²) < 4.78 is 7.47. The molecule has 1 unspecified atom stereocenters. The Kier molecular flexibility index (Phi) is 4.69. The zero-order valence-corrected chi connectivity index (χ0v) is 14.4. The third kappa shape index (κ3) is 2.45. The van der Waals surface area contributed by atoms with Gasteiger partial charge in [-0.25, -0.2) is 4.79 Å². The standard InChI is InChI=1S/C14H14I2O2/c1-2-3-9-14(10-7-5-4-6-8-10)12(16)11(15)13(17)18-14/h4-8H,2-3,9H2,1H3. The maximum absolute atomic E-state index is 11.8. The summed E-state index contributed by atoms with van der Waals surface area (Å²) in [4.78, 5) is 11.8. The summed E-state index contributed by atoms with van der Waals surface area (Å²) in [6, 6.07) is 10.0. The molecule has 96 valence electrons. The monoisotopic (exact) mass is 468 g/mol. The van der Waals surface area contributed by atoms with Crippen molar-refractivity contribution in [1.82, 2.24) is 0 Å². The van der Waals surface area contributed by atoms with Gasteiger partial charge < -0.3 is 4.74 Å². The Hall–Kier alpha value is -0.110. The first kappa shape index (κ1) is 14.3. The van der Waals surface area contributed by atoms with E-state index in [1.807, 2.05) is 30.3 Å². The van der Waals surface area contributed by atoms with E-state index in [1.165, 1.54) is 0 Å². The zero-order chi connectivity index (χ0) is 13.2.